The highest BCUT2D eigenvalue weighted by molar-refractivity contribution is 7.54. The van der Waals surface area contributed by atoms with E-state index < -0.39 is 20.6 Å². The van der Waals surface area contributed by atoms with Crippen LogP contribution in [-0.4, -0.2) is 38.8 Å². The van der Waals surface area contributed by atoms with E-state index in [1.807, 2.05) is 74.5 Å². The van der Waals surface area contributed by atoms with E-state index in [2.05, 4.69) is 0 Å². The minimum absolute atomic E-state index is 0.0552. The zero-order valence-electron chi connectivity index (χ0n) is 18.0. The van der Waals surface area contributed by atoms with Crippen LogP contribution in [-0.2, 0) is 27.2 Å². The maximum atomic E-state index is 13.1. The van der Waals surface area contributed by atoms with Crippen LogP contribution in [0.4, 0.5) is 0 Å². The third kappa shape index (κ3) is 5.57. The van der Waals surface area contributed by atoms with Gasteiger partial charge in [0.05, 0.1) is 44.2 Å². The van der Waals surface area contributed by atoms with Gasteiger partial charge in [0, 0.05) is 0 Å². The molecule has 2 unspecified atom stereocenters. The van der Waals surface area contributed by atoms with E-state index in [0.29, 0.717) is 12.3 Å². The van der Waals surface area contributed by atoms with E-state index in [1.165, 1.54) is 0 Å². The first kappa shape index (κ1) is 22.9. The van der Waals surface area contributed by atoms with Crippen molar-refractivity contribution in [1.82, 2.24) is 0 Å². The summed E-state index contributed by atoms with van der Waals surface area (Å²) in [6.45, 7) is 4.87. The van der Waals surface area contributed by atoms with Gasteiger partial charge in [-0.1, -0.05) is 74.5 Å². The Morgan fingerprint density at radius 1 is 0.677 bits per heavy atom. The van der Waals surface area contributed by atoms with Crippen LogP contribution in [0.15, 0.2) is 60.7 Å². The predicted octanol–water partition coefficient (Wildman–Crippen LogP) is 6.06. The van der Waals surface area contributed by atoms with Crippen molar-refractivity contribution in [1.29, 1.82) is 0 Å². The van der Waals surface area contributed by atoms with Gasteiger partial charge in [-0.3, -0.25) is 9.13 Å². The second-order valence-electron chi connectivity index (χ2n) is 8.80. The zero-order chi connectivity index (χ0) is 22.0. The van der Waals surface area contributed by atoms with Gasteiger partial charge in [-0.05, 0) is 23.0 Å². The molecule has 4 rings (SSSR count). The summed E-state index contributed by atoms with van der Waals surface area (Å²) < 4.78 is 49.2. The molecule has 0 saturated carbocycles. The molecule has 2 saturated heterocycles. The fourth-order valence-electron chi connectivity index (χ4n) is 3.92. The number of hydrogen-bond acceptors (Lipinski definition) is 6. The minimum atomic E-state index is -3.20. The van der Waals surface area contributed by atoms with Gasteiger partial charge in [-0.25, -0.2) is 0 Å². The topological polar surface area (TPSA) is 71.1 Å². The van der Waals surface area contributed by atoms with Gasteiger partial charge in [0.1, 0.15) is 0 Å². The van der Waals surface area contributed by atoms with Crippen LogP contribution >= 0.6 is 15.2 Å². The highest BCUT2D eigenvalue weighted by atomic mass is 31.2. The lowest BCUT2D eigenvalue weighted by Crippen LogP contribution is -2.46. The SMILES string of the molecule is CC(CP1(=O)OCC2(CO1)COP(=O)(CC(C)c1ccccc1)OC2)c1ccccc1. The smallest absolute Gasteiger partial charge is 0.308 e. The van der Waals surface area contributed by atoms with Crippen molar-refractivity contribution in [2.24, 2.45) is 5.41 Å². The lowest BCUT2D eigenvalue weighted by Gasteiger charge is -2.43. The molecule has 168 valence electrons. The average Bonchev–Trinajstić information content (AvgIpc) is 2.79. The Kier molecular flexibility index (Phi) is 6.88. The van der Waals surface area contributed by atoms with E-state index in [9.17, 15) is 9.13 Å². The van der Waals surface area contributed by atoms with E-state index in [4.69, 9.17) is 18.1 Å². The van der Waals surface area contributed by atoms with Gasteiger partial charge in [0.25, 0.3) is 0 Å². The number of rotatable bonds is 6. The molecule has 2 aliphatic rings. The fraction of sp³-hybridized carbons (Fsp3) is 0.478. The molecule has 2 aliphatic heterocycles. The van der Waals surface area contributed by atoms with Crippen LogP contribution in [0.3, 0.4) is 0 Å². The molecule has 1 spiro atoms. The standard InChI is InChI=1S/C23H30O6P2/c1-19(21-9-5-3-6-10-21)13-30(24)26-15-23(16-27-30)17-28-31(25,29-18-23)14-20(2)22-11-7-4-8-12-22/h3-12,19-20H,13-18H2,1-2H3. The molecule has 31 heavy (non-hydrogen) atoms. The quantitative estimate of drug-likeness (QED) is 0.484. The summed E-state index contributed by atoms with van der Waals surface area (Å²) in [5.74, 6) is 0.110. The summed E-state index contributed by atoms with van der Waals surface area (Å²) in [6.07, 6.45) is 0.643. The number of hydrogen-bond donors (Lipinski definition) is 0. The van der Waals surface area contributed by atoms with Crippen molar-refractivity contribution < 1.29 is 27.2 Å². The van der Waals surface area contributed by atoms with Crippen molar-refractivity contribution in [3.05, 3.63) is 71.8 Å². The number of benzene rings is 2. The highest BCUT2D eigenvalue weighted by Gasteiger charge is 2.49. The fourth-order valence-corrected chi connectivity index (χ4v) is 8.14. The van der Waals surface area contributed by atoms with E-state index in [1.54, 1.807) is 0 Å². The molecule has 0 N–H and O–H groups in total. The Morgan fingerprint density at radius 2 is 1.00 bits per heavy atom. The summed E-state index contributed by atoms with van der Waals surface area (Å²) in [5.41, 5.74) is 1.62. The third-order valence-corrected chi connectivity index (χ3v) is 10.1. The zero-order valence-corrected chi connectivity index (χ0v) is 19.8. The van der Waals surface area contributed by atoms with Crippen LogP contribution in [0.1, 0.15) is 36.8 Å². The third-order valence-electron chi connectivity index (χ3n) is 6.00. The van der Waals surface area contributed by atoms with Gasteiger partial charge in [0.2, 0.25) is 0 Å². The average molecular weight is 464 g/mol. The normalized spacial score (nSPS) is 33.1. The molecular weight excluding hydrogens is 434 g/mol. The van der Waals surface area contributed by atoms with Crippen LogP contribution in [0.5, 0.6) is 0 Å². The van der Waals surface area contributed by atoms with Gasteiger partial charge in [-0.2, -0.15) is 0 Å². The van der Waals surface area contributed by atoms with Crippen LogP contribution in [0.25, 0.3) is 0 Å². The van der Waals surface area contributed by atoms with Gasteiger partial charge in [-0.15, -0.1) is 0 Å². The van der Waals surface area contributed by atoms with E-state index in [-0.39, 0.29) is 38.3 Å². The Morgan fingerprint density at radius 3 is 1.32 bits per heavy atom. The Balaban J connectivity index is 1.31. The molecular formula is C23H30O6P2. The maximum absolute atomic E-state index is 13.1. The Bertz CT molecular complexity index is 858. The molecule has 0 aliphatic carbocycles. The first-order valence-corrected chi connectivity index (χ1v) is 14.1. The van der Waals surface area contributed by atoms with Gasteiger partial charge >= 0.3 is 15.2 Å². The Labute approximate surface area is 184 Å². The summed E-state index contributed by atoms with van der Waals surface area (Å²) in [6, 6.07) is 19.8. The lowest BCUT2D eigenvalue weighted by atomic mass is 9.93. The first-order valence-electron chi connectivity index (χ1n) is 10.7. The molecule has 0 amide bonds. The van der Waals surface area contributed by atoms with Crippen LogP contribution in [0, 0.1) is 5.41 Å². The second kappa shape index (κ2) is 9.31. The summed E-state index contributed by atoms with van der Waals surface area (Å²) in [7, 11) is -6.41. The van der Waals surface area contributed by atoms with Crippen LogP contribution in [0.2, 0.25) is 0 Å². The molecule has 0 aromatic heterocycles. The monoisotopic (exact) mass is 464 g/mol. The molecule has 2 aromatic rings. The largest absolute Gasteiger partial charge is 0.331 e. The van der Waals surface area contributed by atoms with E-state index >= 15 is 0 Å². The Hall–Kier alpha value is -1.26. The molecule has 0 bridgehead atoms. The van der Waals surface area contributed by atoms with Crippen molar-refractivity contribution in [3.8, 4) is 0 Å². The minimum Gasteiger partial charge on any atom is -0.308 e. The first-order chi connectivity index (χ1) is 14.8. The van der Waals surface area contributed by atoms with Gasteiger partial charge < -0.3 is 18.1 Å². The maximum Gasteiger partial charge on any atom is 0.331 e. The molecule has 6 nitrogen and oxygen atoms in total. The molecule has 8 heteroatoms. The van der Waals surface area contributed by atoms with Crippen molar-refractivity contribution in [2.75, 3.05) is 38.8 Å². The van der Waals surface area contributed by atoms with E-state index in [0.717, 1.165) is 11.1 Å². The lowest BCUT2D eigenvalue weighted by molar-refractivity contribution is -0.0686. The van der Waals surface area contributed by atoms with Crippen molar-refractivity contribution in [3.63, 3.8) is 0 Å². The molecule has 2 atom stereocenters. The molecule has 2 aromatic carbocycles. The summed E-state index contributed by atoms with van der Waals surface area (Å²) in [5, 5.41) is 0. The second-order valence-corrected chi connectivity index (χ2v) is 13.0. The molecule has 2 fully saturated rings. The summed E-state index contributed by atoms with van der Waals surface area (Å²) in [4.78, 5) is 0. The molecule has 0 radical (unpaired) electrons. The molecule has 2 heterocycles. The van der Waals surface area contributed by atoms with Gasteiger partial charge in [0.15, 0.2) is 0 Å². The van der Waals surface area contributed by atoms with Crippen molar-refractivity contribution in [2.45, 2.75) is 25.7 Å². The van der Waals surface area contributed by atoms with Crippen molar-refractivity contribution >= 4 is 15.2 Å². The predicted molar refractivity (Wildman–Crippen MR) is 121 cm³/mol. The van der Waals surface area contributed by atoms with Crippen LogP contribution < -0.4 is 0 Å². The highest BCUT2D eigenvalue weighted by Crippen LogP contribution is 2.61. The summed E-state index contributed by atoms with van der Waals surface area (Å²) >= 11 is 0.